The van der Waals surface area contributed by atoms with Crippen LogP contribution in [0.25, 0.3) is 11.0 Å². The van der Waals surface area contributed by atoms with E-state index >= 15 is 0 Å². The summed E-state index contributed by atoms with van der Waals surface area (Å²) in [4.78, 5) is 19.5. The molecule has 0 bridgehead atoms. The molecule has 1 aliphatic carbocycles. The predicted octanol–water partition coefficient (Wildman–Crippen LogP) is 2.33. The number of rotatable bonds is 4. The van der Waals surface area contributed by atoms with Gasteiger partial charge in [0.25, 0.3) is 5.91 Å². The summed E-state index contributed by atoms with van der Waals surface area (Å²) < 4.78 is 5.79. The molecule has 1 aromatic carbocycles. The third-order valence-corrected chi connectivity index (χ3v) is 6.27. The highest BCUT2D eigenvalue weighted by atomic mass is 16.5. The number of aromatic nitrogens is 4. The lowest BCUT2D eigenvalue weighted by Gasteiger charge is -2.37. The molecule has 8 nitrogen and oxygen atoms in total. The van der Waals surface area contributed by atoms with E-state index in [9.17, 15) is 4.79 Å². The van der Waals surface area contributed by atoms with Crippen LogP contribution in [-0.2, 0) is 4.74 Å². The van der Waals surface area contributed by atoms with Crippen molar-refractivity contribution in [2.75, 3.05) is 25.5 Å². The van der Waals surface area contributed by atoms with Gasteiger partial charge in [-0.1, -0.05) is 6.07 Å². The van der Waals surface area contributed by atoms with Gasteiger partial charge < -0.3 is 15.0 Å². The van der Waals surface area contributed by atoms with Crippen LogP contribution in [0, 0.1) is 11.8 Å². The van der Waals surface area contributed by atoms with Gasteiger partial charge in [-0.15, -0.1) is 0 Å². The van der Waals surface area contributed by atoms with Gasteiger partial charge in [0, 0.05) is 32.0 Å². The zero-order valence-corrected chi connectivity index (χ0v) is 16.3. The van der Waals surface area contributed by atoms with E-state index in [2.05, 4.69) is 25.7 Å². The van der Waals surface area contributed by atoms with Crippen molar-refractivity contribution in [3.8, 4) is 0 Å². The molecule has 8 heteroatoms. The molecule has 3 aromatic rings. The summed E-state index contributed by atoms with van der Waals surface area (Å²) in [7, 11) is 1.77. The second-order valence-electron chi connectivity index (χ2n) is 7.97. The Balaban J connectivity index is 1.30. The number of ether oxygens (including phenoxy) is 1. The number of methoxy groups -OCH3 is 1. The Kier molecular flexibility index (Phi) is 4.63. The number of H-pyrrole nitrogens is 1. The van der Waals surface area contributed by atoms with E-state index < -0.39 is 0 Å². The van der Waals surface area contributed by atoms with Gasteiger partial charge in [0.15, 0.2) is 0 Å². The van der Waals surface area contributed by atoms with Crippen LogP contribution in [0.5, 0.6) is 0 Å². The van der Waals surface area contributed by atoms with E-state index in [1.165, 1.54) is 0 Å². The standard InChI is InChI=1S/C21H24N6O2/c1-29-19-10-15-12-27(21(28)13-5-6-16-17(8-13)25-26-24-16)11-14(15)9-18(19)23-20-4-2-3-7-22-20/h2-8,14-15,18-19H,9-12H2,1H3,(H,22,23)(H,24,25,26)/t14-,15+,18-,19-/m1/s1. The monoisotopic (exact) mass is 392 g/mol. The Morgan fingerprint density at radius 1 is 1.14 bits per heavy atom. The number of aromatic amines is 1. The zero-order chi connectivity index (χ0) is 19.8. The molecule has 3 heterocycles. The molecule has 2 aromatic heterocycles. The smallest absolute Gasteiger partial charge is 0.253 e. The predicted molar refractivity (Wildman–Crippen MR) is 108 cm³/mol. The minimum atomic E-state index is 0.0625. The number of carbonyl (C=O) groups excluding carboxylic acids is 1. The largest absolute Gasteiger partial charge is 0.379 e. The van der Waals surface area contributed by atoms with E-state index in [4.69, 9.17) is 4.74 Å². The molecule has 2 aliphatic rings. The maximum atomic E-state index is 13.1. The van der Waals surface area contributed by atoms with Crippen molar-refractivity contribution in [1.29, 1.82) is 0 Å². The highest BCUT2D eigenvalue weighted by molar-refractivity contribution is 5.97. The number of hydrogen-bond donors (Lipinski definition) is 2. The number of amides is 1. The van der Waals surface area contributed by atoms with Crippen molar-refractivity contribution in [3.63, 3.8) is 0 Å². The molecule has 0 spiro atoms. The number of anilines is 1. The number of likely N-dealkylation sites (tertiary alicyclic amines) is 1. The van der Waals surface area contributed by atoms with Crippen molar-refractivity contribution in [1.82, 2.24) is 25.3 Å². The third kappa shape index (κ3) is 3.44. The average Bonchev–Trinajstić information content (AvgIpc) is 3.39. The van der Waals surface area contributed by atoms with Crippen LogP contribution in [0.2, 0.25) is 0 Å². The molecule has 2 fully saturated rings. The number of fused-ring (bicyclic) bond motifs is 2. The SMILES string of the molecule is CO[C@@H]1C[C@H]2CN(C(=O)c3ccc4n[nH]nc4c3)C[C@H]2C[C@H]1Nc1ccccn1. The lowest BCUT2D eigenvalue weighted by molar-refractivity contribution is 0.0304. The molecule has 1 amide bonds. The molecular weight excluding hydrogens is 368 g/mol. The summed E-state index contributed by atoms with van der Waals surface area (Å²) in [5, 5.41) is 14.3. The first kappa shape index (κ1) is 18.1. The van der Waals surface area contributed by atoms with E-state index in [0.717, 1.165) is 37.3 Å². The summed E-state index contributed by atoms with van der Waals surface area (Å²) in [6, 6.07) is 11.5. The second-order valence-corrected chi connectivity index (χ2v) is 7.97. The Labute approximate surface area is 168 Å². The van der Waals surface area contributed by atoms with Crippen LogP contribution in [0.3, 0.4) is 0 Å². The molecule has 1 saturated carbocycles. The molecule has 1 aliphatic heterocycles. The van der Waals surface area contributed by atoms with E-state index in [0.29, 0.717) is 22.9 Å². The van der Waals surface area contributed by atoms with Crippen LogP contribution in [-0.4, -0.2) is 63.5 Å². The number of hydrogen-bond acceptors (Lipinski definition) is 6. The minimum Gasteiger partial charge on any atom is -0.379 e. The summed E-state index contributed by atoms with van der Waals surface area (Å²) in [6.45, 7) is 1.55. The second kappa shape index (κ2) is 7.44. The van der Waals surface area contributed by atoms with Crippen molar-refractivity contribution in [3.05, 3.63) is 48.2 Å². The Morgan fingerprint density at radius 2 is 1.97 bits per heavy atom. The van der Waals surface area contributed by atoms with E-state index in [-0.39, 0.29) is 18.1 Å². The van der Waals surface area contributed by atoms with Crippen molar-refractivity contribution in [2.24, 2.45) is 11.8 Å². The lowest BCUT2D eigenvalue weighted by atomic mass is 9.77. The summed E-state index contributed by atoms with van der Waals surface area (Å²) in [6.07, 6.45) is 3.81. The fourth-order valence-electron chi connectivity index (χ4n) is 4.79. The number of benzene rings is 1. The molecule has 4 atom stereocenters. The number of nitrogens with one attached hydrogen (secondary N) is 2. The van der Waals surface area contributed by atoms with Crippen LogP contribution in [0.4, 0.5) is 5.82 Å². The van der Waals surface area contributed by atoms with E-state index in [1.807, 2.05) is 41.3 Å². The van der Waals surface area contributed by atoms with Gasteiger partial charge in [0.2, 0.25) is 0 Å². The summed E-state index contributed by atoms with van der Waals surface area (Å²) in [5.41, 5.74) is 2.14. The van der Waals surface area contributed by atoms with Gasteiger partial charge in [0.1, 0.15) is 16.9 Å². The first-order valence-corrected chi connectivity index (χ1v) is 10.0. The van der Waals surface area contributed by atoms with Crippen LogP contribution in [0.15, 0.2) is 42.6 Å². The lowest BCUT2D eigenvalue weighted by Crippen LogP contribution is -2.44. The normalized spacial score (nSPS) is 26.4. The highest BCUT2D eigenvalue weighted by Crippen LogP contribution is 2.39. The zero-order valence-electron chi connectivity index (χ0n) is 16.3. The maximum absolute atomic E-state index is 13.1. The van der Waals surface area contributed by atoms with Gasteiger partial charge in [-0.3, -0.25) is 4.79 Å². The number of nitrogens with zero attached hydrogens (tertiary/aromatic N) is 4. The highest BCUT2D eigenvalue weighted by Gasteiger charge is 2.43. The Hall–Kier alpha value is -3.00. The van der Waals surface area contributed by atoms with Gasteiger partial charge in [-0.05, 0) is 55.0 Å². The molecular formula is C21H24N6O2. The molecule has 150 valence electrons. The van der Waals surface area contributed by atoms with Gasteiger partial charge >= 0.3 is 0 Å². The maximum Gasteiger partial charge on any atom is 0.253 e. The van der Waals surface area contributed by atoms with Gasteiger partial charge in [-0.2, -0.15) is 15.4 Å². The van der Waals surface area contributed by atoms with Crippen LogP contribution < -0.4 is 5.32 Å². The van der Waals surface area contributed by atoms with Crippen molar-refractivity contribution in [2.45, 2.75) is 25.0 Å². The fourth-order valence-corrected chi connectivity index (χ4v) is 4.79. The number of carbonyl (C=O) groups is 1. The molecule has 29 heavy (non-hydrogen) atoms. The minimum absolute atomic E-state index is 0.0625. The number of pyridine rings is 1. The summed E-state index contributed by atoms with van der Waals surface area (Å²) >= 11 is 0. The fraction of sp³-hybridized carbons (Fsp3) is 0.429. The van der Waals surface area contributed by atoms with Crippen molar-refractivity contribution < 1.29 is 9.53 Å². The first-order valence-electron chi connectivity index (χ1n) is 10.0. The molecule has 0 radical (unpaired) electrons. The average molecular weight is 392 g/mol. The molecule has 1 saturated heterocycles. The van der Waals surface area contributed by atoms with E-state index in [1.54, 1.807) is 13.3 Å². The molecule has 5 rings (SSSR count). The van der Waals surface area contributed by atoms with Crippen LogP contribution >= 0.6 is 0 Å². The van der Waals surface area contributed by atoms with Gasteiger partial charge in [0.05, 0.1) is 12.1 Å². The topological polar surface area (TPSA) is 96.0 Å². The first-order chi connectivity index (χ1) is 14.2. The quantitative estimate of drug-likeness (QED) is 0.707. The van der Waals surface area contributed by atoms with Gasteiger partial charge in [-0.25, -0.2) is 4.98 Å². The summed E-state index contributed by atoms with van der Waals surface area (Å²) in [5.74, 6) is 1.85. The third-order valence-electron chi connectivity index (χ3n) is 6.27. The Bertz CT molecular complexity index is 1010. The van der Waals surface area contributed by atoms with Crippen molar-refractivity contribution >= 4 is 22.8 Å². The molecule has 2 N–H and O–H groups in total. The van der Waals surface area contributed by atoms with Crippen LogP contribution in [0.1, 0.15) is 23.2 Å². The molecule has 0 unspecified atom stereocenters. The Morgan fingerprint density at radius 3 is 2.76 bits per heavy atom.